The summed E-state index contributed by atoms with van der Waals surface area (Å²) < 4.78 is 23.2. The van der Waals surface area contributed by atoms with E-state index < -0.39 is 17.7 Å². The molecule has 3 aromatic rings. The molecule has 3 heterocycles. The molecule has 0 bridgehead atoms. The Bertz CT molecular complexity index is 1450. The maximum absolute atomic E-state index is 13.5. The number of rotatable bonds is 10. The lowest BCUT2D eigenvalue weighted by molar-refractivity contribution is -0.140. The van der Waals surface area contributed by atoms with Crippen LogP contribution >= 0.6 is 0 Å². The van der Waals surface area contributed by atoms with Crippen molar-refractivity contribution in [2.24, 2.45) is 5.92 Å². The second-order valence-corrected chi connectivity index (χ2v) is 10.3. The number of aliphatic hydroxyl groups is 1. The number of Topliss-reactive ketones (excluding diaryl/α,β-unsaturated/α-hetero) is 1. The Kier molecular flexibility index (Phi) is 8.42. The van der Waals surface area contributed by atoms with Crippen LogP contribution in [0.2, 0.25) is 0 Å². The zero-order valence-electron chi connectivity index (χ0n) is 23.5. The van der Waals surface area contributed by atoms with Crippen molar-refractivity contribution in [1.82, 2.24) is 9.88 Å². The minimum Gasteiger partial charge on any atom is -0.507 e. The Balaban J connectivity index is 1.60. The number of amides is 1. The summed E-state index contributed by atoms with van der Waals surface area (Å²) in [5.41, 5.74) is 1.73. The Hall–Kier alpha value is -4.53. The van der Waals surface area contributed by atoms with E-state index in [4.69, 9.17) is 18.9 Å². The normalized spacial score (nSPS) is 17.7. The van der Waals surface area contributed by atoms with Crippen molar-refractivity contribution in [2.45, 2.75) is 39.8 Å². The number of ether oxygens (including phenoxy) is 4. The predicted molar refractivity (Wildman–Crippen MR) is 152 cm³/mol. The average Bonchev–Trinajstić information content (AvgIpc) is 3.22. The van der Waals surface area contributed by atoms with Gasteiger partial charge in [0.05, 0.1) is 24.8 Å². The molecule has 2 aromatic carbocycles. The van der Waals surface area contributed by atoms with E-state index in [1.165, 1.54) is 4.90 Å². The molecule has 0 saturated carbocycles. The van der Waals surface area contributed by atoms with Gasteiger partial charge in [0, 0.05) is 24.5 Å². The van der Waals surface area contributed by atoms with Gasteiger partial charge in [-0.25, -0.2) is 0 Å². The summed E-state index contributed by atoms with van der Waals surface area (Å²) in [6.07, 6.45) is 4.15. The summed E-state index contributed by atoms with van der Waals surface area (Å²) in [5.74, 6) is 0.807. The van der Waals surface area contributed by atoms with E-state index in [-0.39, 0.29) is 17.9 Å². The van der Waals surface area contributed by atoms with Crippen molar-refractivity contribution >= 4 is 17.4 Å². The van der Waals surface area contributed by atoms with Crippen LogP contribution in [0.1, 0.15) is 49.9 Å². The molecule has 0 spiro atoms. The zero-order chi connectivity index (χ0) is 28.9. The third-order valence-corrected chi connectivity index (χ3v) is 6.99. The summed E-state index contributed by atoms with van der Waals surface area (Å²) in [7, 11) is 0. The number of carbonyl (C=O) groups excluding carboxylic acids is 2. The molecule has 1 N–H and O–H groups in total. The van der Waals surface area contributed by atoms with E-state index in [1.54, 1.807) is 60.9 Å². The van der Waals surface area contributed by atoms with Gasteiger partial charge in [-0.3, -0.25) is 14.6 Å². The number of nitrogens with zero attached hydrogens (tertiary/aromatic N) is 2. The topological polar surface area (TPSA) is 107 Å². The first kappa shape index (κ1) is 28.0. The molecular formula is C32H34N2O7. The molecule has 41 heavy (non-hydrogen) atoms. The summed E-state index contributed by atoms with van der Waals surface area (Å²) in [4.78, 5) is 32.5. The smallest absolute Gasteiger partial charge is 0.295 e. The molecule has 1 unspecified atom stereocenters. The highest BCUT2D eigenvalue weighted by Crippen LogP contribution is 2.43. The number of likely N-dealkylation sites (tertiary alicyclic amines) is 1. The number of hydrogen-bond donors (Lipinski definition) is 1. The van der Waals surface area contributed by atoms with Gasteiger partial charge >= 0.3 is 0 Å². The van der Waals surface area contributed by atoms with Crippen LogP contribution in [0.25, 0.3) is 5.76 Å². The molecule has 5 rings (SSSR count). The number of pyridine rings is 1. The first-order valence-corrected chi connectivity index (χ1v) is 13.8. The lowest BCUT2D eigenvalue weighted by Crippen LogP contribution is -2.29. The van der Waals surface area contributed by atoms with E-state index >= 15 is 0 Å². The van der Waals surface area contributed by atoms with Gasteiger partial charge in [-0.1, -0.05) is 19.9 Å². The van der Waals surface area contributed by atoms with Crippen molar-refractivity contribution in [2.75, 3.05) is 26.4 Å². The van der Waals surface area contributed by atoms with E-state index in [2.05, 4.69) is 18.8 Å². The number of carbonyl (C=O) groups is 2. The molecule has 0 aliphatic carbocycles. The molecule has 1 amide bonds. The third-order valence-electron chi connectivity index (χ3n) is 6.99. The van der Waals surface area contributed by atoms with E-state index in [1.807, 2.05) is 6.92 Å². The fourth-order valence-corrected chi connectivity index (χ4v) is 4.91. The minimum absolute atomic E-state index is 0.0170. The monoisotopic (exact) mass is 558 g/mol. The zero-order valence-corrected chi connectivity index (χ0v) is 23.5. The van der Waals surface area contributed by atoms with Crippen molar-refractivity contribution in [1.29, 1.82) is 0 Å². The maximum Gasteiger partial charge on any atom is 0.295 e. The van der Waals surface area contributed by atoms with Gasteiger partial charge < -0.3 is 29.0 Å². The van der Waals surface area contributed by atoms with Crippen molar-refractivity contribution in [3.8, 4) is 23.0 Å². The van der Waals surface area contributed by atoms with E-state index in [0.717, 1.165) is 12.0 Å². The van der Waals surface area contributed by atoms with Gasteiger partial charge in [0.1, 0.15) is 19.0 Å². The lowest BCUT2D eigenvalue weighted by atomic mass is 9.94. The van der Waals surface area contributed by atoms with E-state index in [0.29, 0.717) is 66.5 Å². The van der Waals surface area contributed by atoms with Gasteiger partial charge in [0.25, 0.3) is 11.7 Å². The third kappa shape index (κ3) is 5.99. The number of fused-ring (bicyclic) bond motifs is 1. The van der Waals surface area contributed by atoms with Gasteiger partial charge in [0.2, 0.25) is 0 Å². The lowest BCUT2D eigenvalue weighted by Gasteiger charge is -2.26. The highest BCUT2D eigenvalue weighted by molar-refractivity contribution is 6.46. The molecule has 9 heteroatoms. The summed E-state index contributed by atoms with van der Waals surface area (Å²) in [5, 5.41) is 11.5. The second kappa shape index (κ2) is 12.3. The van der Waals surface area contributed by atoms with Crippen molar-refractivity contribution in [3.05, 3.63) is 83.2 Å². The van der Waals surface area contributed by atoms with Gasteiger partial charge in [0.15, 0.2) is 23.0 Å². The Labute approximate surface area is 239 Å². The van der Waals surface area contributed by atoms with Gasteiger partial charge in [-0.2, -0.15) is 0 Å². The molecule has 2 aliphatic heterocycles. The number of aliphatic hydroxyl groups excluding tert-OH is 1. The molecule has 9 nitrogen and oxygen atoms in total. The Morgan fingerprint density at radius 2 is 1.76 bits per heavy atom. The van der Waals surface area contributed by atoms with Crippen molar-refractivity contribution in [3.63, 3.8) is 0 Å². The fraction of sp³-hybridized carbons (Fsp3) is 0.344. The predicted octanol–water partition coefficient (Wildman–Crippen LogP) is 5.30. The molecule has 2 aliphatic rings. The van der Waals surface area contributed by atoms with E-state index in [9.17, 15) is 14.7 Å². The molecule has 1 atom stereocenters. The SMILES string of the molecule is CCOc1cc(C2/C(=C(\O)c3ccc4c(c3)OCCO4)C(=O)C(=O)N2Cc2ccncc2)ccc1OCCC(C)C. The number of benzene rings is 2. The van der Waals surface area contributed by atoms with Crippen LogP contribution in [0, 0.1) is 5.92 Å². The highest BCUT2D eigenvalue weighted by Gasteiger charge is 2.46. The highest BCUT2D eigenvalue weighted by atomic mass is 16.6. The molecule has 1 aromatic heterocycles. The van der Waals surface area contributed by atoms with Crippen LogP contribution < -0.4 is 18.9 Å². The largest absolute Gasteiger partial charge is 0.507 e. The average molecular weight is 559 g/mol. The van der Waals surface area contributed by atoms with Gasteiger partial charge in [-0.05, 0) is 72.9 Å². The number of aromatic nitrogens is 1. The molecular weight excluding hydrogens is 524 g/mol. The second-order valence-electron chi connectivity index (χ2n) is 10.3. The first-order chi connectivity index (χ1) is 19.9. The summed E-state index contributed by atoms with van der Waals surface area (Å²) >= 11 is 0. The van der Waals surface area contributed by atoms with Crippen molar-refractivity contribution < 1.29 is 33.6 Å². The first-order valence-electron chi connectivity index (χ1n) is 13.8. The van der Waals surface area contributed by atoms with Crippen LogP contribution in [0.5, 0.6) is 23.0 Å². The summed E-state index contributed by atoms with van der Waals surface area (Å²) in [6, 6.07) is 13.0. The van der Waals surface area contributed by atoms with Crippen LogP contribution in [-0.2, 0) is 16.1 Å². The molecule has 1 saturated heterocycles. The molecule has 1 fully saturated rings. The van der Waals surface area contributed by atoms with Crippen LogP contribution in [0.3, 0.4) is 0 Å². The van der Waals surface area contributed by atoms with Crippen LogP contribution in [0.15, 0.2) is 66.5 Å². The number of hydrogen-bond acceptors (Lipinski definition) is 8. The quantitative estimate of drug-likeness (QED) is 0.203. The Morgan fingerprint density at radius 1 is 1.00 bits per heavy atom. The maximum atomic E-state index is 13.5. The minimum atomic E-state index is -0.875. The fourth-order valence-electron chi connectivity index (χ4n) is 4.91. The van der Waals surface area contributed by atoms with Gasteiger partial charge in [-0.15, -0.1) is 0 Å². The van der Waals surface area contributed by atoms with Crippen LogP contribution in [-0.4, -0.2) is 53.1 Å². The standard InChI is InChI=1S/C32H34N2O7/c1-4-38-26-17-22(5-7-24(26)39-14-11-20(2)3)29-28(30(35)23-6-8-25-27(18-23)41-16-15-40-25)31(36)32(37)34(29)19-21-9-12-33-13-10-21/h5-10,12-13,17-18,20,29,35H,4,11,14-16,19H2,1-3H3/b30-28+. The molecule has 214 valence electrons. The molecule has 0 radical (unpaired) electrons. The van der Waals surface area contributed by atoms with Crippen LogP contribution in [0.4, 0.5) is 0 Å². The Morgan fingerprint density at radius 3 is 2.49 bits per heavy atom. The number of ketones is 1. The summed E-state index contributed by atoms with van der Waals surface area (Å²) in [6.45, 7) is 8.01.